The molecule has 0 saturated carbocycles. The second-order valence-corrected chi connectivity index (χ2v) is 8.30. The standard InChI is InChI=1S/C26H34N6O.HI/c1-27-26(30-19-25-28-14-17-32(25)20-21-8-4-3-5-9-21)29-18-24(31-15-6-7-16-31)22-10-12-23(33-2)13-11-22;/h3-5,8-14,17,24H,6-7,15-16,18-20H2,1-2H3,(H2,27,29,30);1H. The molecule has 3 aromatic rings. The summed E-state index contributed by atoms with van der Waals surface area (Å²) in [6, 6.07) is 19.1. The van der Waals surface area contributed by atoms with Crippen molar-refractivity contribution in [3.8, 4) is 5.75 Å². The van der Waals surface area contributed by atoms with Gasteiger partial charge in [0.25, 0.3) is 0 Å². The summed E-state index contributed by atoms with van der Waals surface area (Å²) in [6.07, 6.45) is 6.38. The van der Waals surface area contributed by atoms with Crippen molar-refractivity contribution >= 4 is 29.9 Å². The maximum absolute atomic E-state index is 5.34. The summed E-state index contributed by atoms with van der Waals surface area (Å²) >= 11 is 0. The van der Waals surface area contributed by atoms with Gasteiger partial charge in [0.2, 0.25) is 0 Å². The highest BCUT2D eigenvalue weighted by Crippen LogP contribution is 2.26. The third-order valence-corrected chi connectivity index (χ3v) is 6.18. The van der Waals surface area contributed by atoms with Crippen molar-refractivity contribution in [2.75, 3.05) is 33.8 Å². The van der Waals surface area contributed by atoms with E-state index >= 15 is 0 Å². The monoisotopic (exact) mass is 574 g/mol. The van der Waals surface area contributed by atoms with Crippen molar-refractivity contribution in [1.29, 1.82) is 0 Å². The zero-order chi connectivity index (χ0) is 22.9. The van der Waals surface area contributed by atoms with Crippen LogP contribution in [0.4, 0.5) is 0 Å². The molecule has 34 heavy (non-hydrogen) atoms. The Balaban J connectivity index is 0.00000324. The lowest BCUT2D eigenvalue weighted by atomic mass is 10.1. The Labute approximate surface area is 219 Å². The summed E-state index contributed by atoms with van der Waals surface area (Å²) in [7, 11) is 3.51. The Kier molecular flexibility index (Phi) is 10.2. The molecule has 1 aliphatic heterocycles. The smallest absolute Gasteiger partial charge is 0.191 e. The van der Waals surface area contributed by atoms with Gasteiger partial charge in [0.15, 0.2) is 5.96 Å². The lowest BCUT2D eigenvalue weighted by Gasteiger charge is -2.29. The number of aliphatic imine (C=N–C) groups is 1. The predicted octanol–water partition coefficient (Wildman–Crippen LogP) is 4.06. The third-order valence-electron chi connectivity index (χ3n) is 6.18. The van der Waals surface area contributed by atoms with E-state index in [2.05, 4.69) is 66.5 Å². The molecule has 4 rings (SSSR count). The van der Waals surface area contributed by atoms with Crippen LogP contribution in [0.2, 0.25) is 0 Å². The first kappa shape index (κ1) is 26.0. The van der Waals surface area contributed by atoms with Gasteiger partial charge in [-0.25, -0.2) is 4.98 Å². The van der Waals surface area contributed by atoms with E-state index in [-0.39, 0.29) is 30.0 Å². The van der Waals surface area contributed by atoms with E-state index < -0.39 is 0 Å². The molecule has 8 heteroatoms. The Morgan fingerprint density at radius 1 is 1.06 bits per heavy atom. The van der Waals surface area contributed by atoms with Gasteiger partial charge < -0.3 is 19.9 Å². The van der Waals surface area contributed by atoms with Crippen molar-refractivity contribution < 1.29 is 4.74 Å². The van der Waals surface area contributed by atoms with E-state index in [9.17, 15) is 0 Å². The molecular weight excluding hydrogens is 539 g/mol. The number of methoxy groups -OCH3 is 1. The molecule has 2 aromatic carbocycles. The number of aromatic nitrogens is 2. The summed E-state index contributed by atoms with van der Waals surface area (Å²) in [5, 5.41) is 6.96. The molecule has 1 saturated heterocycles. The van der Waals surface area contributed by atoms with Crippen LogP contribution in [0.5, 0.6) is 5.75 Å². The maximum Gasteiger partial charge on any atom is 0.191 e. The first-order valence-corrected chi connectivity index (χ1v) is 11.6. The summed E-state index contributed by atoms with van der Waals surface area (Å²) in [5.41, 5.74) is 2.55. The van der Waals surface area contributed by atoms with Gasteiger partial charge in [-0.05, 0) is 49.2 Å². The van der Waals surface area contributed by atoms with E-state index in [1.165, 1.54) is 24.0 Å². The summed E-state index contributed by atoms with van der Waals surface area (Å²) in [6.45, 7) is 4.45. The first-order chi connectivity index (χ1) is 16.3. The van der Waals surface area contributed by atoms with Crippen LogP contribution < -0.4 is 15.4 Å². The molecule has 2 heterocycles. The van der Waals surface area contributed by atoms with Crippen LogP contribution in [0.25, 0.3) is 0 Å². The van der Waals surface area contributed by atoms with Crippen LogP contribution >= 0.6 is 24.0 Å². The Hall–Kier alpha value is -2.59. The van der Waals surface area contributed by atoms with Gasteiger partial charge in [0, 0.05) is 32.5 Å². The molecule has 1 aliphatic rings. The normalized spacial score (nSPS) is 14.9. The van der Waals surface area contributed by atoms with Crippen LogP contribution in [0.1, 0.15) is 35.8 Å². The van der Waals surface area contributed by atoms with Gasteiger partial charge in [-0.2, -0.15) is 0 Å². The molecule has 0 aliphatic carbocycles. The van der Waals surface area contributed by atoms with Crippen LogP contribution in [0.3, 0.4) is 0 Å². The highest BCUT2D eigenvalue weighted by atomic mass is 127. The van der Waals surface area contributed by atoms with Crippen molar-refractivity contribution in [2.24, 2.45) is 4.99 Å². The Bertz CT molecular complexity index is 1020. The number of likely N-dealkylation sites (tertiary alicyclic amines) is 1. The van der Waals surface area contributed by atoms with Crippen molar-refractivity contribution in [3.63, 3.8) is 0 Å². The fraction of sp³-hybridized carbons (Fsp3) is 0.385. The fourth-order valence-electron chi connectivity index (χ4n) is 4.35. The van der Waals surface area contributed by atoms with E-state index in [0.717, 1.165) is 43.7 Å². The number of rotatable bonds is 9. The zero-order valence-corrected chi connectivity index (χ0v) is 22.3. The third kappa shape index (κ3) is 6.96. The molecule has 0 spiro atoms. The van der Waals surface area contributed by atoms with Gasteiger partial charge in [-0.15, -0.1) is 24.0 Å². The van der Waals surface area contributed by atoms with Crippen molar-refractivity contribution in [3.05, 3.63) is 83.9 Å². The topological polar surface area (TPSA) is 66.7 Å². The lowest BCUT2D eigenvalue weighted by molar-refractivity contribution is 0.245. The number of guanidine groups is 1. The highest BCUT2D eigenvalue weighted by molar-refractivity contribution is 14.0. The summed E-state index contributed by atoms with van der Waals surface area (Å²) in [4.78, 5) is 11.5. The fourth-order valence-corrected chi connectivity index (χ4v) is 4.35. The minimum absolute atomic E-state index is 0. The number of nitrogens with zero attached hydrogens (tertiary/aromatic N) is 4. The number of ether oxygens (including phenoxy) is 1. The van der Waals surface area contributed by atoms with Crippen LogP contribution in [-0.4, -0.2) is 54.2 Å². The number of hydrogen-bond acceptors (Lipinski definition) is 4. The summed E-state index contributed by atoms with van der Waals surface area (Å²) < 4.78 is 7.50. The Morgan fingerprint density at radius 2 is 1.79 bits per heavy atom. The molecule has 1 fully saturated rings. The predicted molar refractivity (Wildman–Crippen MR) is 148 cm³/mol. The average molecular weight is 575 g/mol. The quantitative estimate of drug-likeness (QED) is 0.229. The lowest BCUT2D eigenvalue weighted by Crippen LogP contribution is -2.42. The number of nitrogens with one attached hydrogen (secondary N) is 2. The van der Waals surface area contributed by atoms with Gasteiger partial charge >= 0.3 is 0 Å². The van der Waals surface area contributed by atoms with E-state index in [1.807, 2.05) is 37.6 Å². The molecule has 1 aromatic heterocycles. The van der Waals surface area contributed by atoms with Crippen LogP contribution in [0.15, 0.2) is 72.0 Å². The van der Waals surface area contributed by atoms with Gasteiger partial charge in [-0.3, -0.25) is 9.89 Å². The van der Waals surface area contributed by atoms with Crippen LogP contribution in [0, 0.1) is 0 Å². The van der Waals surface area contributed by atoms with E-state index in [1.54, 1.807) is 7.11 Å². The molecule has 2 N–H and O–H groups in total. The van der Waals surface area contributed by atoms with Crippen molar-refractivity contribution in [2.45, 2.75) is 32.0 Å². The average Bonchev–Trinajstić information content (AvgIpc) is 3.55. The second-order valence-electron chi connectivity index (χ2n) is 8.30. The molecule has 1 atom stereocenters. The first-order valence-electron chi connectivity index (χ1n) is 11.6. The number of benzene rings is 2. The SMILES string of the molecule is CN=C(NCc1nccn1Cc1ccccc1)NCC(c1ccc(OC)cc1)N1CCCC1.I. The van der Waals surface area contributed by atoms with E-state index in [4.69, 9.17) is 4.74 Å². The molecule has 0 radical (unpaired) electrons. The molecule has 1 unspecified atom stereocenters. The number of hydrogen-bond donors (Lipinski definition) is 2. The minimum atomic E-state index is 0. The summed E-state index contributed by atoms with van der Waals surface area (Å²) in [5.74, 6) is 2.64. The maximum atomic E-state index is 5.34. The minimum Gasteiger partial charge on any atom is -0.497 e. The van der Waals surface area contributed by atoms with Gasteiger partial charge in [0.1, 0.15) is 11.6 Å². The van der Waals surface area contributed by atoms with Crippen molar-refractivity contribution in [1.82, 2.24) is 25.1 Å². The van der Waals surface area contributed by atoms with E-state index in [0.29, 0.717) is 6.54 Å². The highest BCUT2D eigenvalue weighted by Gasteiger charge is 2.23. The number of halogens is 1. The Morgan fingerprint density at radius 3 is 2.47 bits per heavy atom. The van der Waals surface area contributed by atoms with Gasteiger partial charge in [0.05, 0.1) is 19.7 Å². The molecule has 7 nitrogen and oxygen atoms in total. The molecule has 0 amide bonds. The molecular formula is C26H35IN6O. The van der Waals surface area contributed by atoms with Gasteiger partial charge in [-0.1, -0.05) is 42.5 Å². The largest absolute Gasteiger partial charge is 0.497 e. The molecule has 0 bridgehead atoms. The number of imidazole rings is 1. The van der Waals surface area contributed by atoms with Crippen LogP contribution in [-0.2, 0) is 13.1 Å². The second kappa shape index (κ2) is 13.3. The molecule has 182 valence electrons. The zero-order valence-electron chi connectivity index (χ0n) is 20.0.